The van der Waals surface area contributed by atoms with Crippen LogP contribution in [0.3, 0.4) is 0 Å². The number of nitrogens with zero attached hydrogens (tertiary/aromatic N) is 2. The Bertz CT molecular complexity index is 509. The molecule has 0 radical (unpaired) electrons. The minimum Gasteiger partial charge on any atom is -0.367 e. The second-order valence-electron chi connectivity index (χ2n) is 4.92. The maximum atomic E-state index is 14.4. The van der Waals surface area contributed by atoms with Crippen LogP contribution in [0.15, 0.2) is 16.6 Å². The van der Waals surface area contributed by atoms with Gasteiger partial charge in [-0.2, -0.15) is 0 Å². The number of benzene rings is 1. The van der Waals surface area contributed by atoms with E-state index in [9.17, 15) is 9.18 Å². The molecule has 1 aromatic carbocycles. The van der Waals surface area contributed by atoms with E-state index in [1.165, 1.54) is 0 Å². The van der Waals surface area contributed by atoms with Crippen molar-refractivity contribution in [2.24, 2.45) is 5.73 Å². The topological polar surface area (TPSA) is 49.6 Å². The summed E-state index contributed by atoms with van der Waals surface area (Å²) in [7, 11) is 0. The fourth-order valence-corrected chi connectivity index (χ4v) is 2.95. The number of rotatable bonds is 2. The third kappa shape index (κ3) is 3.12. The molecule has 1 heterocycles. The predicted molar refractivity (Wildman–Crippen MR) is 81.1 cm³/mol. The summed E-state index contributed by atoms with van der Waals surface area (Å²) >= 11 is 3.27. The van der Waals surface area contributed by atoms with Gasteiger partial charge in [0, 0.05) is 39.6 Å². The third-order valence-corrected chi connectivity index (χ3v) is 4.50. The summed E-state index contributed by atoms with van der Waals surface area (Å²) in [6.07, 6.45) is 0.843. The van der Waals surface area contributed by atoms with Gasteiger partial charge in [-0.25, -0.2) is 4.39 Å². The molecule has 0 bridgehead atoms. The Hall–Kier alpha value is -1.14. The molecule has 1 amide bonds. The van der Waals surface area contributed by atoms with Gasteiger partial charge >= 0.3 is 0 Å². The Balaban J connectivity index is 2.20. The highest BCUT2D eigenvalue weighted by molar-refractivity contribution is 9.10. The van der Waals surface area contributed by atoms with E-state index in [0.29, 0.717) is 29.8 Å². The first-order chi connectivity index (χ1) is 9.54. The van der Waals surface area contributed by atoms with Gasteiger partial charge in [-0.3, -0.25) is 4.79 Å². The van der Waals surface area contributed by atoms with Crippen LogP contribution >= 0.6 is 15.9 Å². The molecule has 0 aliphatic carbocycles. The summed E-state index contributed by atoms with van der Waals surface area (Å²) in [6.45, 7) is 4.62. The van der Waals surface area contributed by atoms with Gasteiger partial charge in [0.1, 0.15) is 0 Å². The minimum absolute atomic E-state index is 0.0759. The number of halogens is 2. The molecule has 1 saturated heterocycles. The Morgan fingerprint density at radius 1 is 1.35 bits per heavy atom. The van der Waals surface area contributed by atoms with E-state index >= 15 is 0 Å². The molecule has 0 spiro atoms. The Morgan fingerprint density at radius 2 is 2.10 bits per heavy atom. The van der Waals surface area contributed by atoms with E-state index in [-0.39, 0.29) is 11.7 Å². The molecule has 0 aromatic heterocycles. The van der Waals surface area contributed by atoms with Gasteiger partial charge in [0.15, 0.2) is 5.82 Å². The van der Waals surface area contributed by atoms with E-state index in [1.54, 1.807) is 17.9 Å². The molecular formula is C14H19BrFN3O. The smallest absolute Gasteiger partial charge is 0.219 e. The highest BCUT2D eigenvalue weighted by atomic mass is 79.9. The fourth-order valence-electron chi connectivity index (χ4n) is 2.45. The molecule has 2 rings (SSSR count). The summed E-state index contributed by atoms with van der Waals surface area (Å²) < 4.78 is 14.8. The summed E-state index contributed by atoms with van der Waals surface area (Å²) in [6, 6.07) is 3.61. The van der Waals surface area contributed by atoms with Crippen molar-refractivity contribution in [3.63, 3.8) is 0 Å². The fraction of sp³-hybridized carbons (Fsp3) is 0.500. The lowest BCUT2D eigenvalue weighted by atomic mass is 10.1. The number of nitrogens with two attached hydrogens (primary N) is 1. The van der Waals surface area contributed by atoms with Gasteiger partial charge in [0.2, 0.25) is 5.91 Å². The third-order valence-electron chi connectivity index (χ3n) is 3.64. The molecule has 20 heavy (non-hydrogen) atoms. The number of carbonyl (C=O) groups excluding carboxylic acids is 1. The normalized spacial score (nSPS) is 16.2. The van der Waals surface area contributed by atoms with Crippen LogP contribution in [-0.4, -0.2) is 37.0 Å². The SMILES string of the molecule is CC(=O)N1CCCN(c2ccc(CN)c(Br)c2F)CC1. The van der Waals surface area contributed by atoms with E-state index < -0.39 is 0 Å². The first-order valence-electron chi connectivity index (χ1n) is 6.72. The monoisotopic (exact) mass is 343 g/mol. The van der Waals surface area contributed by atoms with Crippen molar-refractivity contribution < 1.29 is 9.18 Å². The zero-order valence-electron chi connectivity index (χ0n) is 11.5. The van der Waals surface area contributed by atoms with Crippen molar-refractivity contribution in [3.8, 4) is 0 Å². The lowest BCUT2D eigenvalue weighted by Crippen LogP contribution is -2.33. The summed E-state index contributed by atoms with van der Waals surface area (Å²) in [5.74, 6) is -0.198. The number of anilines is 1. The molecule has 0 unspecified atom stereocenters. The van der Waals surface area contributed by atoms with E-state index in [4.69, 9.17) is 5.73 Å². The van der Waals surface area contributed by atoms with Crippen molar-refractivity contribution >= 4 is 27.5 Å². The number of amides is 1. The minimum atomic E-state index is -0.274. The van der Waals surface area contributed by atoms with Crippen LogP contribution in [0.2, 0.25) is 0 Å². The molecule has 0 saturated carbocycles. The predicted octanol–water partition coefficient (Wildman–Crippen LogP) is 2.11. The van der Waals surface area contributed by atoms with Crippen molar-refractivity contribution in [1.29, 1.82) is 0 Å². The van der Waals surface area contributed by atoms with Crippen LogP contribution in [0.5, 0.6) is 0 Å². The Labute approximate surface area is 126 Å². The Kier molecular flexibility index (Phi) is 4.99. The van der Waals surface area contributed by atoms with Gasteiger partial charge in [0.05, 0.1) is 10.2 Å². The maximum absolute atomic E-state index is 14.4. The molecule has 2 N–H and O–H groups in total. The summed E-state index contributed by atoms with van der Waals surface area (Å²) in [4.78, 5) is 15.2. The van der Waals surface area contributed by atoms with Gasteiger partial charge in [0.25, 0.3) is 0 Å². The van der Waals surface area contributed by atoms with Gasteiger partial charge in [-0.15, -0.1) is 0 Å². The highest BCUT2D eigenvalue weighted by Crippen LogP contribution is 2.30. The highest BCUT2D eigenvalue weighted by Gasteiger charge is 2.20. The second kappa shape index (κ2) is 6.54. The van der Waals surface area contributed by atoms with Gasteiger partial charge in [-0.05, 0) is 34.0 Å². The standard InChI is InChI=1S/C14H19BrFN3O/c1-10(20)18-5-2-6-19(8-7-18)12-4-3-11(9-17)13(15)14(12)16/h3-4H,2,5-9,17H2,1H3. The maximum Gasteiger partial charge on any atom is 0.219 e. The van der Waals surface area contributed by atoms with Crippen molar-refractivity contribution in [2.45, 2.75) is 19.9 Å². The van der Waals surface area contributed by atoms with Crippen molar-refractivity contribution in [1.82, 2.24) is 4.90 Å². The molecule has 6 heteroatoms. The second-order valence-corrected chi connectivity index (χ2v) is 5.72. The lowest BCUT2D eigenvalue weighted by molar-refractivity contribution is -0.128. The average molecular weight is 344 g/mol. The molecule has 0 atom stereocenters. The summed E-state index contributed by atoms with van der Waals surface area (Å²) in [5.41, 5.74) is 6.90. The quantitative estimate of drug-likeness (QED) is 0.894. The molecule has 1 fully saturated rings. The summed E-state index contributed by atoms with van der Waals surface area (Å²) in [5, 5.41) is 0. The number of hydrogen-bond acceptors (Lipinski definition) is 3. The molecule has 1 aliphatic heterocycles. The lowest BCUT2D eigenvalue weighted by Gasteiger charge is -2.24. The van der Waals surface area contributed by atoms with Crippen LogP contribution in [0, 0.1) is 5.82 Å². The van der Waals surface area contributed by atoms with Crippen LogP contribution in [0.4, 0.5) is 10.1 Å². The number of hydrogen-bond donors (Lipinski definition) is 1. The zero-order valence-corrected chi connectivity index (χ0v) is 13.1. The van der Waals surface area contributed by atoms with E-state index in [1.807, 2.05) is 11.0 Å². The van der Waals surface area contributed by atoms with Crippen LogP contribution < -0.4 is 10.6 Å². The first-order valence-corrected chi connectivity index (χ1v) is 7.51. The van der Waals surface area contributed by atoms with Gasteiger partial charge in [-0.1, -0.05) is 6.07 Å². The molecule has 1 aromatic rings. The molecular weight excluding hydrogens is 325 g/mol. The largest absolute Gasteiger partial charge is 0.367 e. The average Bonchev–Trinajstić information content (AvgIpc) is 2.67. The Morgan fingerprint density at radius 3 is 2.75 bits per heavy atom. The van der Waals surface area contributed by atoms with Crippen molar-refractivity contribution in [3.05, 3.63) is 28.0 Å². The molecule has 4 nitrogen and oxygen atoms in total. The van der Waals surface area contributed by atoms with Crippen LogP contribution in [0.1, 0.15) is 18.9 Å². The number of carbonyl (C=O) groups is 1. The van der Waals surface area contributed by atoms with E-state index in [0.717, 1.165) is 25.1 Å². The van der Waals surface area contributed by atoms with Crippen molar-refractivity contribution in [2.75, 3.05) is 31.1 Å². The van der Waals surface area contributed by atoms with Crippen LogP contribution in [0.25, 0.3) is 0 Å². The van der Waals surface area contributed by atoms with E-state index in [2.05, 4.69) is 15.9 Å². The molecule has 1 aliphatic rings. The molecule has 110 valence electrons. The van der Waals surface area contributed by atoms with Crippen LogP contribution in [-0.2, 0) is 11.3 Å². The first kappa shape index (κ1) is 15.3. The zero-order chi connectivity index (χ0) is 14.7. The van der Waals surface area contributed by atoms with Gasteiger partial charge < -0.3 is 15.5 Å².